The van der Waals surface area contributed by atoms with E-state index in [2.05, 4.69) is 10.0 Å². The Morgan fingerprint density at radius 3 is 2.46 bits per heavy atom. The number of nitrogens with zero attached hydrogens (tertiary/aromatic N) is 1. The molecule has 1 heterocycles. The summed E-state index contributed by atoms with van der Waals surface area (Å²) in [5.74, 6) is -1.38. The van der Waals surface area contributed by atoms with Crippen LogP contribution in [0, 0.1) is 0 Å². The van der Waals surface area contributed by atoms with Gasteiger partial charge in [-0.2, -0.15) is 0 Å². The highest BCUT2D eigenvalue weighted by Gasteiger charge is 2.32. The molecule has 1 saturated heterocycles. The second-order valence-electron chi connectivity index (χ2n) is 6.19. The highest BCUT2D eigenvalue weighted by molar-refractivity contribution is 7.89. The first kappa shape index (κ1) is 18.3. The smallest absolute Gasteiger partial charge is 0.338 e. The number of imide groups is 1. The number of esters is 1. The Hall–Kier alpha value is -2.46. The van der Waals surface area contributed by atoms with Crippen molar-refractivity contribution in [2.45, 2.75) is 36.8 Å². The maximum absolute atomic E-state index is 12.1. The Bertz CT molecular complexity index is 832. The van der Waals surface area contributed by atoms with E-state index in [9.17, 15) is 22.8 Å². The van der Waals surface area contributed by atoms with Crippen molar-refractivity contribution in [1.29, 1.82) is 0 Å². The molecule has 10 heteroatoms. The Morgan fingerprint density at radius 2 is 1.92 bits per heavy atom. The molecule has 2 N–H and O–H groups in total. The predicted octanol–water partition coefficient (Wildman–Crippen LogP) is 0.224. The number of carbonyl (C=O) groups is 3. The van der Waals surface area contributed by atoms with Crippen LogP contribution in [-0.4, -0.2) is 56.5 Å². The first-order valence-corrected chi connectivity index (χ1v) is 9.69. The molecule has 1 aromatic carbocycles. The van der Waals surface area contributed by atoms with Crippen molar-refractivity contribution in [1.82, 2.24) is 14.9 Å². The summed E-state index contributed by atoms with van der Waals surface area (Å²) in [6.45, 7) is 1.96. The van der Waals surface area contributed by atoms with Crippen molar-refractivity contribution in [2.75, 3.05) is 13.1 Å². The maximum Gasteiger partial charge on any atom is 0.338 e. The second kappa shape index (κ2) is 7.04. The molecular weight excluding hydrogens is 362 g/mol. The summed E-state index contributed by atoms with van der Waals surface area (Å²) in [5, 5.41) is 2.49. The zero-order valence-electron chi connectivity index (χ0n) is 14.1. The van der Waals surface area contributed by atoms with Gasteiger partial charge in [0, 0.05) is 19.1 Å². The largest absolute Gasteiger partial charge is 0.449 e. The zero-order valence-corrected chi connectivity index (χ0v) is 14.9. The van der Waals surface area contributed by atoms with E-state index in [0.29, 0.717) is 6.54 Å². The van der Waals surface area contributed by atoms with E-state index in [1.54, 1.807) is 0 Å². The van der Waals surface area contributed by atoms with Crippen molar-refractivity contribution in [3.05, 3.63) is 29.8 Å². The lowest BCUT2D eigenvalue weighted by Crippen LogP contribution is -2.41. The minimum absolute atomic E-state index is 0.0145. The van der Waals surface area contributed by atoms with E-state index in [1.165, 1.54) is 31.2 Å². The molecule has 0 bridgehead atoms. The van der Waals surface area contributed by atoms with Gasteiger partial charge in [-0.1, -0.05) is 0 Å². The third kappa shape index (κ3) is 4.02. The molecule has 0 spiro atoms. The van der Waals surface area contributed by atoms with Crippen molar-refractivity contribution < 1.29 is 27.5 Å². The van der Waals surface area contributed by atoms with Gasteiger partial charge in [-0.3, -0.25) is 9.69 Å². The Kier molecular flexibility index (Phi) is 4.97. The minimum atomic E-state index is -3.60. The predicted molar refractivity (Wildman–Crippen MR) is 89.8 cm³/mol. The third-order valence-corrected chi connectivity index (χ3v) is 5.59. The number of nitrogens with one attached hydrogen (secondary N) is 2. The average molecular weight is 381 g/mol. The van der Waals surface area contributed by atoms with Crippen LogP contribution in [0.2, 0.25) is 0 Å². The average Bonchev–Trinajstić information content (AvgIpc) is 3.30. The van der Waals surface area contributed by atoms with E-state index in [1.807, 2.05) is 0 Å². The monoisotopic (exact) mass is 381 g/mol. The van der Waals surface area contributed by atoms with Gasteiger partial charge in [-0.25, -0.2) is 22.7 Å². The quantitative estimate of drug-likeness (QED) is 0.680. The molecule has 1 atom stereocenters. The number of carbonyl (C=O) groups excluding carboxylic acids is 3. The SMILES string of the molecule is CC(OC(=O)c1ccc(S(=O)(=O)NC2CC2)cc1)C(=O)N1CCNC1=O. The molecule has 1 aromatic rings. The van der Waals surface area contributed by atoms with E-state index in [4.69, 9.17) is 4.74 Å². The lowest BCUT2D eigenvalue weighted by atomic mass is 10.2. The first-order chi connectivity index (χ1) is 12.3. The standard InChI is InChI=1S/C16H19N3O6S/c1-10(14(20)19-9-8-17-16(19)22)25-15(21)11-2-6-13(7-3-11)26(23,24)18-12-4-5-12/h2-3,6-7,10,12,18H,4-5,8-9H2,1H3,(H,17,22). The molecule has 3 rings (SSSR count). The van der Waals surface area contributed by atoms with Crippen LogP contribution in [0.5, 0.6) is 0 Å². The highest BCUT2D eigenvalue weighted by Crippen LogP contribution is 2.22. The van der Waals surface area contributed by atoms with Gasteiger partial charge in [-0.05, 0) is 44.0 Å². The summed E-state index contributed by atoms with van der Waals surface area (Å²) >= 11 is 0. The Morgan fingerprint density at radius 1 is 1.27 bits per heavy atom. The van der Waals surface area contributed by atoms with Crippen LogP contribution in [0.4, 0.5) is 4.79 Å². The molecule has 140 valence electrons. The van der Waals surface area contributed by atoms with E-state index in [0.717, 1.165) is 17.7 Å². The molecule has 0 radical (unpaired) electrons. The third-order valence-electron chi connectivity index (χ3n) is 4.05. The van der Waals surface area contributed by atoms with Crippen molar-refractivity contribution in [2.24, 2.45) is 0 Å². The fourth-order valence-electron chi connectivity index (χ4n) is 2.44. The van der Waals surface area contributed by atoms with Crippen LogP contribution in [0.3, 0.4) is 0 Å². The van der Waals surface area contributed by atoms with Crippen molar-refractivity contribution in [3.63, 3.8) is 0 Å². The number of hydrogen-bond acceptors (Lipinski definition) is 6. The lowest BCUT2D eigenvalue weighted by Gasteiger charge is -2.18. The number of amides is 3. The molecule has 3 amide bonds. The van der Waals surface area contributed by atoms with Crippen LogP contribution in [0.15, 0.2) is 29.2 Å². The number of ether oxygens (including phenoxy) is 1. The molecule has 1 aliphatic heterocycles. The van der Waals surface area contributed by atoms with Gasteiger partial charge in [0.2, 0.25) is 10.0 Å². The topological polar surface area (TPSA) is 122 Å². The summed E-state index contributed by atoms with van der Waals surface area (Å²) in [6, 6.07) is 4.73. The van der Waals surface area contributed by atoms with Gasteiger partial charge in [0.25, 0.3) is 5.91 Å². The molecule has 1 unspecified atom stereocenters. The van der Waals surface area contributed by atoms with Crippen molar-refractivity contribution in [3.8, 4) is 0 Å². The molecule has 9 nitrogen and oxygen atoms in total. The summed E-state index contributed by atoms with van der Waals surface area (Å²) < 4.78 is 31.8. The number of benzene rings is 1. The zero-order chi connectivity index (χ0) is 18.9. The lowest BCUT2D eigenvalue weighted by molar-refractivity contribution is -0.136. The minimum Gasteiger partial charge on any atom is -0.449 e. The normalized spacial score (nSPS) is 18.3. The van der Waals surface area contributed by atoms with E-state index < -0.39 is 34.0 Å². The van der Waals surface area contributed by atoms with Gasteiger partial charge in [0.1, 0.15) is 0 Å². The summed E-state index contributed by atoms with van der Waals surface area (Å²) in [7, 11) is -3.60. The number of urea groups is 1. The van der Waals surface area contributed by atoms with Crippen LogP contribution >= 0.6 is 0 Å². The maximum atomic E-state index is 12.1. The van der Waals surface area contributed by atoms with E-state index in [-0.39, 0.29) is 23.0 Å². The first-order valence-electron chi connectivity index (χ1n) is 8.20. The van der Waals surface area contributed by atoms with Crippen LogP contribution in [0.25, 0.3) is 0 Å². The van der Waals surface area contributed by atoms with Gasteiger partial charge in [-0.15, -0.1) is 0 Å². The number of hydrogen-bond donors (Lipinski definition) is 2. The molecule has 1 saturated carbocycles. The molecule has 2 fully saturated rings. The fraction of sp³-hybridized carbons (Fsp3) is 0.438. The number of sulfonamides is 1. The second-order valence-corrected chi connectivity index (χ2v) is 7.90. The van der Waals surface area contributed by atoms with Gasteiger partial charge in [0.15, 0.2) is 6.10 Å². The van der Waals surface area contributed by atoms with Gasteiger partial charge < -0.3 is 10.1 Å². The molecule has 2 aliphatic rings. The summed E-state index contributed by atoms with van der Waals surface area (Å²) in [4.78, 5) is 36.8. The van der Waals surface area contributed by atoms with Gasteiger partial charge in [0.05, 0.1) is 10.5 Å². The Labute approximate surface area is 150 Å². The fourth-order valence-corrected chi connectivity index (χ4v) is 3.74. The van der Waals surface area contributed by atoms with Crippen molar-refractivity contribution >= 4 is 27.9 Å². The molecule has 1 aliphatic carbocycles. The molecular formula is C16H19N3O6S. The van der Waals surface area contributed by atoms with Gasteiger partial charge >= 0.3 is 12.0 Å². The highest BCUT2D eigenvalue weighted by atomic mass is 32.2. The van der Waals surface area contributed by atoms with Crippen LogP contribution in [-0.2, 0) is 19.6 Å². The Balaban J connectivity index is 1.62. The number of rotatable bonds is 6. The van der Waals surface area contributed by atoms with E-state index >= 15 is 0 Å². The summed E-state index contributed by atoms with van der Waals surface area (Å²) in [6.07, 6.45) is 0.515. The van der Waals surface area contributed by atoms with Crippen LogP contribution in [0.1, 0.15) is 30.1 Å². The molecule has 26 heavy (non-hydrogen) atoms. The van der Waals surface area contributed by atoms with Crippen LogP contribution < -0.4 is 10.0 Å². The molecule has 0 aromatic heterocycles. The summed E-state index contributed by atoms with van der Waals surface area (Å²) in [5.41, 5.74) is 0.112.